The van der Waals surface area contributed by atoms with Gasteiger partial charge < -0.3 is 14.2 Å². The third-order valence-corrected chi connectivity index (χ3v) is 3.46. The van der Waals surface area contributed by atoms with Crippen LogP contribution in [-0.2, 0) is 32.1 Å². The Morgan fingerprint density at radius 3 is 2.43 bits per heavy atom. The molecule has 2 aromatic carbocycles. The minimum Gasteiger partial charge on any atom is -0.489 e. The van der Waals surface area contributed by atoms with Crippen LogP contribution in [0.3, 0.4) is 0 Å². The first-order valence-corrected chi connectivity index (χ1v) is 7.32. The molecule has 0 saturated carbocycles. The SMILES string of the molecule is O=C1COC(=O)C(Cc2ccc(OCc3ccccc3)cc2)O1. The summed E-state index contributed by atoms with van der Waals surface area (Å²) in [7, 11) is 0. The van der Waals surface area contributed by atoms with Crippen LogP contribution in [0.4, 0.5) is 0 Å². The number of esters is 2. The van der Waals surface area contributed by atoms with Crippen molar-refractivity contribution >= 4 is 11.9 Å². The Morgan fingerprint density at radius 1 is 0.957 bits per heavy atom. The van der Waals surface area contributed by atoms with Crippen molar-refractivity contribution in [2.45, 2.75) is 19.1 Å². The minimum absolute atomic E-state index is 0.295. The van der Waals surface area contributed by atoms with E-state index in [0.29, 0.717) is 13.0 Å². The van der Waals surface area contributed by atoms with Crippen molar-refractivity contribution in [1.29, 1.82) is 0 Å². The van der Waals surface area contributed by atoms with Crippen molar-refractivity contribution in [2.75, 3.05) is 6.61 Å². The van der Waals surface area contributed by atoms with E-state index in [4.69, 9.17) is 14.2 Å². The zero-order chi connectivity index (χ0) is 16.1. The molecule has 0 N–H and O–H groups in total. The maximum Gasteiger partial charge on any atom is 0.348 e. The van der Waals surface area contributed by atoms with Gasteiger partial charge in [0.25, 0.3) is 0 Å². The van der Waals surface area contributed by atoms with Crippen LogP contribution in [0.5, 0.6) is 5.75 Å². The van der Waals surface area contributed by atoms with Crippen LogP contribution in [0.2, 0.25) is 0 Å². The highest BCUT2D eigenvalue weighted by Gasteiger charge is 2.30. The molecule has 1 fully saturated rings. The number of carbonyl (C=O) groups excluding carboxylic acids is 2. The second-order valence-electron chi connectivity index (χ2n) is 5.21. The highest BCUT2D eigenvalue weighted by molar-refractivity contribution is 5.85. The quantitative estimate of drug-likeness (QED) is 0.793. The van der Waals surface area contributed by atoms with Gasteiger partial charge in [0.2, 0.25) is 6.10 Å². The summed E-state index contributed by atoms with van der Waals surface area (Å²) in [5.74, 6) is -0.285. The van der Waals surface area contributed by atoms with E-state index < -0.39 is 18.0 Å². The van der Waals surface area contributed by atoms with Gasteiger partial charge in [-0.25, -0.2) is 9.59 Å². The Bertz CT molecular complexity index is 678. The topological polar surface area (TPSA) is 61.8 Å². The molecule has 118 valence electrons. The van der Waals surface area contributed by atoms with E-state index in [0.717, 1.165) is 16.9 Å². The predicted octanol–water partition coefficient (Wildman–Crippen LogP) is 2.28. The van der Waals surface area contributed by atoms with Crippen molar-refractivity contribution < 1.29 is 23.8 Å². The van der Waals surface area contributed by atoms with E-state index in [1.165, 1.54) is 0 Å². The summed E-state index contributed by atoms with van der Waals surface area (Å²) >= 11 is 0. The molecule has 1 aliphatic rings. The summed E-state index contributed by atoms with van der Waals surface area (Å²) in [4.78, 5) is 22.7. The highest BCUT2D eigenvalue weighted by Crippen LogP contribution is 2.17. The van der Waals surface area contributed by atoms with Gasteiger partial charge in [-0.1, -0.05) is 42.5 Å². The van der Waals surface area contributed by atoms with Gasteiger partial charge in [-0.3, -0.25) is 0 Å². The summed E-state index contributed by atoms with van der Waals surface area (Å²) in [6.07, 6.45) is -0.573. The van der Waals surface area contributed by atoms with Gasteiger partial charge in [0.15, 0.2) is 6.61 Å². The molecule has 2 aromatic rings. The molecule has 0 aliphatic carbocycles. The Labute approximate surface area is 133 Å². The molecule has 1 atom stereocenters. The molecule has 0 amide bonds. The maximum absolute atomic E-state index is 11.5. The van der Waals surface area contributed by atoms with Crippen LogP contribution in [0.1, 0.15) is 11.1 Å². The number of carbonyl (C=O) groups is 2. The zero-order valence-electron chi connectivity index (χ0n) is 12.4. The van der Waals surface area contributed by atoms with E-state index in [1.807, 2.05) is 54.6 Å². The van der Waals surface area contributed by atoms with Crippen LogP contribution in [0.15, 0.2) is 54.6 Å². The molecular weight excluding hydrogens is 296 g/mol. The van der Waals surface area contributed by atoms with Crippen molar-refractivity contribution in [3.63, 3.8) is 0 Å². The average Bonchev–Trinajstić information content (AvgIpc) is 2.58. The molecule has 0 bridgehead atoms. The number of hydrogen-bond donors (Lipinski definition) is 0. The summed E-state index contributed by atoms with van der Waals surface area (Å²) in [6, 6.07) is 17.2. The second kappa shape index (κ2) is 6.96. The molecule has 0 aromatic heterocycles. The fraction of sp³-hybridized carbons (Fsp3) is 0.222. The molecule has 1 aliphatic heterocycles. The summed E-state index contributed by atoms with van der Waals surface area (Å²) in [5.41, 5.74) is 1.96. The van der Waals surface area contributed by atoms with E-state index in [1.54, 1.807) is 0 Å². The molecule has 3 rings (SSSR count). The van der Waals surface area contributed by atoms with Crippen LogP contribution in [0.25, 0.3) is 0 Å². The molecule has 23 heavy (non-hydrogen) atoms. The molecule has 1 unspecified atom stereocenters. The van der Waals surface area contributed by atoms with Crippen LogP contribution >= 0.6 is 0 Å². The third kappa shape index (κ3) is 4.10. The lowest BCUT2D eigenvalue weighted by Crippen LogP contribution is -2.38. The second-order valence-corrected chi connectivity index (χ2v) is 5.21. The van der Waals surface area contributed by atoms with Gasteiger partial charge in [0.05, 0.1) is 0 Å². The lowest BCUT2D eigenvalue weighted by Gasteiger charge is -2.21. The van der Waals surface area contributed by atoms with Gasteiger partial charge in [-0.05, 0) is 23.3 Å². The standard InChI is InChI=1S/C18H16O5/c19-17-12-22-18(20)16(23-17)10-13-6-8-15(9-7-13)21-11-14-4-2-1-3-5-14/h1-9,16H,10-12H2. The Hall–Kier alpha value is -2.82. The summed E-state index contributed by atoms with van der Waals surface area (Å²) in [5, 5.41) is 0. The molecule has 1 heterocycles. The normalized spacial score (nSPS) is 17.3. The number of cyclic esters (lactones) is 2. The van der Waals surface area contributed by atoms with Crippen molar-refractivity contribution in [2.24, 2.45) is 0 Å². The van der Waals surface area contributed by atoms with E-state index >= 15 is 0 Å². The molecule has 1 saturated heterocycles. The molecule has 0 spiro atoms. The average molecular weight is 312 g/mol. The first-order chi connectivity index (χ1) is 11.2. The largest absolute Gasteiger partial charge is 0.489 e. The molecule has 5 heteroatoms. The number of hydrogen-bond acceptors (Lipinski definition) is 5. The van der Waals surface area contributed by atoms with Crippen LogP contribution in [0, 0.1) is 0 Å². The molecular formula is C18H16O5. The van der Waals surface area contributed by atoms with E-state index in [-0.39, 0.29) is 6.61 Å². The van der Waals surface area contributed by atoms with Crippen LogP contribution < -0.4 is 4.74 Å². The van der Waals surface area contributed by atoms with Crippen LogP contribution in [-0.4, -0.2) is 24.6 Å². The number of ether oxygens (including phenoxy) is 3. The summed E-state index contributed by atoms with van der Waals surface area (Å²) in [6.45, 7) is 0.189. The summed E-state index contributed by atoms with van der Waals surface area (Å²) < 4.78 is 15.4. The first-order valence-electron chi connectivity index (χ1n) is 7.32. The van der Waals surface area contributed by atoms with Crippen molar-refractivity contribution in [1.82, 2.24) is 0 Å². The van der Waals surface area contributed by atoms with Gasteiger partial charge in [0.1, 0.15) is 12.4 Å². The Kier molecular flexibility index (Phi) is 4.57. The monoisotopic (exact) mass is 312 g/mol. The minimum atomic E-state index is -0.868. The van der Waals surface area contributed by atoms with Gasteiger partial charge in [-0.15, -0.1) is 0 Å². The fourth-order valence-electron chi connectivity index (χ4n) is 2.27. The van der Waals surface area contributed by atoms with Crippen molar-refractivity contribution in [3.05, 3.63) is 65.7 Å². The van der Waals surface area contributed by atoms with Gasteiger partial charge in [-0.2, -0.15) is 0 Å². The Balaban J connectivity index is 1.56. The molecule has 5 nitrogen and oxygen atoms in total. The lowest BCUT2D eigenvalue weighted by molar-refractivity contribution is -0.184. The molecule has 0 radical (unpaired) electrons. The Morgan fingerprint density at radius 2 is 1.70 bits per heavy atom. The number of rotatable bonds is 5. The third-order valence-electron chi connectivity index (χ3n) is 3.46. The highest BCUT2D eigenvalue weighted by atomic mass is 16.6. The van der Waals surface area contributed by atoms with E-state index in [9.17, 15) is 9.59 Å². The van der Waals surface area contributed by atoms with Gasteiger partial charge in [0, 0.05) is 6.42 Å². The first kappa shape index (κ1) is 15.1. The van der Waals surface area contributed by atoms with Crippen molar-refractivity contribution in [3.8, 4) is 5.75 Å². The maximum atomic E-state index is 11.5. The predicted molar refractivity (Wildman–Crippen MR) is 81.8 cm³/mol. The smallest absolute Gasteiger partial charge is 0.348 e. The number of benzene rings is 2. The fourth-order valence-corrected chi connectivity index (χ4v) is 2.27. The van der Waals surface area contributed by atoms with Gasteiger partial charge >= 0.3 is 11.9 Å². The van der Waals surface area contributed by atoms with E-state index in [2.05, 4.69) is 0 Å². The zero-order valence-corrected chi connectivity index (χ0v) is 12.4. The lowest BCUT2D eigenvalue weighted by atomic mass is 10.1.